The van der Waals surface area contributed by atoms with E-state index in [-0.39, 0.29) is 0 Å². The first-order valence-corrected chi connectivity index (χ1v) is 16.7. The zero-order valence-electron chi connectivity index (χ0n) is 24.2. The molecule has 0 unspecified atom stereocenters. The fourth-order valence-corrected chi connectivity index (χ4v) is 8.25. The van der Waals surface area contributed by atoms with Crippen LogP contribution in [0, 0.1) is 0 Å². The molecule has 3 aromatic heterocycles. The average molecular weight is 608 g/mol. The van der Waals surface area contributed by atoms with Gasteiger partial charge in [0.2, 0.25) is 0 Å². The van der Waals surface area contributed by atoms with E-state index in [0.29, 0.717) is 9.90 Å². The Bertz CT molecular complexity index is 2000. The maximum absolute atomic E-state index is 13.3. The minimum atomic E-state index is -3.66. The number of rotatable bonds is 7. The van der Waals surface area contributed by atoms with Crippen LogP contribution in [0.3, 0.4) is 0 Å². The summed E-state index contributed by atoms with van der Waals surface area (Å²) in [6, 6.07) is 28.3. The summed E-state index contributed by atoms with van der Waals surface area (Å²) in [6.45, 7) is 5.33. The van der Waals surface area contributed by atoms with Gasteiger partial charge in [-0.3, -0.25) is 9.21 Å². The van der Waals surface area contributed by atoms with Gasteiger partial charge >= 0.3 is 0 Å². The van der Waals surface area contributed by atoms with E-state index in [1.807, 2.05) is 42.6 Å². The van der Waals surface area contributed by atoms with E-state index in [1.54, 1.807) is 24.6 Å². The second kappa shape index (κ2) is 11.2. The monoisotopic (exact) mass is 607 g/mol. The Morgan fingerprint density at radius 2 is 1.67 bits per heavy atom. The molecule has 0 spiro atoms. The summed E-state index contributed by atoms with van der Waals surface area (Å²) in [6.07, 6.45) is 1.95. The highest BCUT2D eigenvalue weighted by atomic mass is 32.2. The van der Waals surface area contributed by atoms with Gasteiger partial charge in [0.15, 0.2) is 0 Å². The van der Waals surface area contributed by atoms with E-state index in [0.717, 1.165) is 76.9 Å². The summed E-state index contributed by atoms with van der Waals surface area (Å²) in [5, 5.41) is 3.69. The number of nitrogens with one attached hydrogen (secondary N) is 1. The van der Waals surface area contributed by atoms with Crippen molar-refractivity contribution >= 4 is 49.0 Å². The van der Waals surface area contributed by atoms with Gasteiger partial charge in [0.25, 0.3) is 10.0 Å². The molecule has 218 valence electrons. The number of anilines is 1. The van der Waals surface area contributed by atoms with Crippen LogP contribution in [0.1, 0.15) is 5.56 Å². The molecule has 4 heterocycles. The molecule has 1 fully saturated rings. The van der Waals surface area contributed by atoms with E-state index in [1.165, 1.54) is 21.2 Å². The van der Waals surface area contributed by atoms with Gasteiger partial charge in [0.05, 0.1) is 5.69 Å². The Morgan fingerprint density at radius 3 is 2.40 bits per heavy atom. The Morgan fingerprint density at radius 1 is 0.907 bits per heavy atom. The zero-order chi connectivity index (χ0) is 29.6. The molecule has 43 heavy (non-hydrogen) atoms. The number of piperazine rings is 1. The first-order chi connectivity index (χ1) is 20.9. The van der Waals surface area contributed by atoms with Crippen molar-refractivity contribution in [3.05, 3.63) is 102 Å². The van der Waals surface area contributed by atoms with E-state index >= 15 is 0 Å². The van der Waals surface area contributed by atoms with Crippen LogP contribution in [-0.2, 0) is 16.6 Å². The highest BCUT2D eigenvalue weighted by Gasteiger charge is 2.24. The molecule has 1 saturated heterocycles. The summed E-state index contributed by atoms with van der Waals surface area (Å²) >= 11 is 1.22. The SMILES string of the molecule is CN1CCN(Cc2ccc(-c3cnc4[nH]c5ccc(N(C)S(=O)(=O)c6cccs6)cc5c4c3-c3ccccc3)cc2)CC1. The summed E-state index contributed by atoms with van der Waals surface area (Å²) in [5.74, 6) is 0. The van der Waals surface area contributed by atoms with Crippen molar-refractivity contribution in [1.29, 1.82) is 0 Å². The number of fused-ring (bicyclic) bond motifs is 3. The molecule has 0 aliphatic carbocycles. The van der Waals surface area contributed by atoms with Crippen LogP contribution in [-0.4, -0.2) is 68.5 Å². The van der Waals surface area contributed by atoms with Crippen molar-refractivity contribution in [2.24, 2.45) is 0 Å². The maximum atomic E-state index is 13.3. The van der Waals surface area contributed by atoms with Crippen molar-refractivity contribution in [3.8, 4) is 22.3 Å². The fraction of sp³-hybridized carbons (Fsp3) is 0.206. The number of thiophene rings is 1. The summed E-state index contributed by atoms with van der Waals surface area (Å²) < 4.78 is 28.4. The lowest BCUT2D eigenvalue weighted by Gasteiger charge is -2.32. The number of hydrogen-bond donors (Lipinski definition) is 1. The van der Waals surface area contributed by atoms with Crippen LogP contribution in [0.2, 0.25) is 0 Å². The highest BCUT2D eigenvalue weighted by Crippen LogP contribution is 2.41. The fourth-order valence-electron chi connectivity index (χ4n) is 5.90. The molecular weight excluding hydrogens is 575 g/mol. The molecule has 1 N–H and O–H groups in total. The lowest BCUT2D eigenvalue weighted by molar-refractivity contribution is 0.148. The Hall–Kier alpha value is -4.02. The smallest absolute Gasteiger partial charge is 0.273 e. The molecule has 7 rings (SSSR count). The van der Waals surface area contributed by atoms with Gasteiger partial charge in [-0.1, -0.05) is 60.7 Å². The predicted octanol–water partition coefficient (Wildman–Crippen LogP) is 6.68. The van der Waals surface area contributed by atoms with Crippen molar-refractivity contribution in [2.45, 2.75) is 10.8 Å². The molecular formula is C34H33N5O2S2. The van der Waals surface area contributed by atoms with Crippen LogP contribution in [0.15, 0.2) is 101 Å². The number of likely N-dealkylation sites (N-methyl/N-ethyl adjacent to an activating group) is 1. The first kappa shape index (κ1) is 27.8. The average Bonchev–Trinajstić information content (AvgIpc) is 3.71. The van der Waals surface area contributed by atoms with E-state index < -0.39 is 10.0 Å². The molecule has 1 aliphatic rings. The van der Waals surface area contributed by atoms with Crippen molar-refractivity contribution < 1.29 is 8.42 Å². The van der Waals surface area contributed by atoms with Gasteiger partial charge < -0.3 is 9.88 Å². The van der Waals surface area contributed by atoms with Gasteiger partial charge in [0.1, 0.15) is 9.86 Å². The van der Waals surface area contributed by atoms with Gasteiger partial charge in [-0.05, 0) is 53.4 Å². The lowest BCUT2D eigenvalue weighted by atomic mass is 9.92. The van der Waals surface area contributed by atoms with Gasteiger partial charge in [0, 0.05) is 73.4 Å². The lowest BCUT2D eigenvalue weighted by Crippen LogP contribution is -2.43. The van der Waals surface area contributed by atoms with Crippen LogP contribution in [0.5, 0.6) is 0 Å². The summed E-state index contributed by atoms with van der Waals surface area (Å²) in [4.78, 5) is 13.2. The maximum Gasteiger partial charge on any atom is 0.273 e. The minimum Gasteiger partial charge on any atom is -0.339 e. The minimum absolute atomic E-state index is 0.319. The van der Waals surface area contributed by atoms with Crippen LogP contribution >= 0.6 is 11.3 Å². The molecule has 0 radical (unpaired) electrons. The number of sulfonamides is 1. The van der Waals surface area contributed by atoms with Crippen LogP contribution in [0.4, 0.5) is 5.69 Å². The molecule has 7 nitrogen and oxygen atoms in total. The molecule has 1 aliphatic heterocycles. The number of nitrogens with zero attached hydrogens (tertiary/aromatic N) is 4. The third kappa shape index (κ3) is 5.23. The Kier molecular flexibility index (Phi) is 7.26. The third-order valence-electron chi connectivity index (χ3n) is 8.41. The number of pyridine rings is 1. The van der Waals surface area contributed by atoms with E-state index in [9.17, 15) is 8.42 Å². The normalized spacial score (nSPS) is 14.9. The van der Waals surface area contributed by atoms with Crippen molar-refractivity contribution in [2.75, 3.05) is 44.6 Å². The molecule has 3 aromatic carbocycles. The molecule has 9 heteroatoms. The number of H-pyrrole nitrogens is 1. The molecule has 0 saturated carbocycles. The largest absolute Gasteiger partial charge is 0.339 e. The number of hydrogen-bond acceptors (Lipinski definition) is 6. The second-order valence-electron chi connectivity index (χ2n) is 11.2. The van der Waals surface area contributed by atoms with E-state index in [4.69, 9.17) is 4.98 Å². The van der Waals surface area contributed by atoms with Crippen molar-refractivity contribution in [1.82, 2.24) is 19.8 Å². The quantitative estimate of drug-likeness (QED) is 0.219. The zero-order valence-corrected chi connectivity index (χ0v) is 25.8. The Balaban J connectivity index is 1.34. The number of aromatic nitrogens is 2. The highest BCUT2D eigenvalue weighted by molar-refractivity contribution is 7.94. The van der Waals surface area contributed by atoms with Gasteiger partial charge in [-0.25, -0.2) is 13.4 Å². The summed E-state index contributed by atoms with van der Waals surface area (Å²) in [7, 11) is 0.125. The third-order valence-corrected chi connectivity index (χ3v) is 11.6. The van der Waals surface area contributed by atoms with Gasteiger partial charge in [-0.2, -0.15) is 0 Å². The number of benzene rings is 3. The Labute approximate surface area is 256 Å². The molecule has 0 bridgehead atoms. The number of aromatic amines is 1. The predicted molar refractivity (Wildman–Crippen MR) is 177 cm³/mol. The first-order valence-electron chi connectivity index (χ1n) is 14.4. The summed E-state index contributed by atoms with van der Waals surface area (Å²) in [5.41, 5.74) is 7.86. The topological polar surface area (TPSA) is 72.5 Å². The van der Waals surface area contributed by atoms with Gasteiger partial charge in [-0.15, -0.1) is 11.3 Å². The van der Waals surface area contributed by atoms with Crippen LogP contribution in [0.25, 0.3) is 44.2 Å². The van der Waals surface area contributed by atoms with Crippen LogP contribution < -0.4 is 4.31 Å². The molecule has 0 amide bonds. The standard InChI is InChI=1S/C34H33N5O2S2/c1-37-16-18-39(19-17-37)23-24-10-12-25(13-11-24)29-22-35-34-33(32(29)26-7-4-3-5-8-26)28-21-27(14-15-30(28)36-34)38(2)43(40,41)31-9-6-20-42-31/h3-15,20-22H,16-19,23H2,1-2H3,(H,35,36). The molecule has 6 aromatic rings. The second-order valence-corrected chi connectivity index (χ2v) is 14.3. The van der Waals surface area contributed by atoms with Crippen molar-refractivity contribution in [3.63, 3.8) is 0 Å². The van der Waals surface area contributed by atoms with E-state index in [2.05, 4.69) is 58.2 Å². The molecule has 0 atom stereocenters.